The van der Waals surface area contributed by atoms with Crippen LogP contribution in [0.2, 0.25) is 0 Å². The van der Waals surface area contributed by atoms with Gasteiger partial charge in [0.05, 0.1) is 6.61 Å². The first kappa shape index (κ1) is 16.9. The Kier molecular flexibility index (Phi) is 10.4. The molecule has 0 aliphatic rings. The highest BCUT2D eigenvalue weighted by atomic mass is 16.5. The molecule has 4 nitrogen and oxygen atoms in total. The lowest BCUT2D eigenvalue weighted by atomic mass is 10.1. The number of rotatable bonds is 10. The summed E-state index contributed by atoms with van der Waals surface area (Å²) in [5, 5.41) is 2.80. The molecule has 18 heavy (non-hydrogen) atoms. The number of esters is 1. The van der Waals surface area contributed by atoms with Crippen LogP contribution in [0.5, 0.6) is 0 Å². The lowest BCUT2D eigenvalue weighted by molar-refractivity contribution is -0.145. The Labute approximate surface area is 110 Å². The number of nitrogens with one attached hydrogen (secondary N) is 1. The standard InChI is InChI=1S/C14H27NO3/c1-4-6-8-13(16)15-10-7-9-14(17)18-11-12(3)5-2/h12H,4-11H2,1-3H3,(H,15,16). The maximum atomic E-state index is 11.3. The summed E-state index contributed by atoms with van der Waals surface area (Å²) < 4.78 is 5.12. The van der Waals surface area contributed by atoms with Crippen molar-refractivity contribution < 1.29 is 14.3 Å². The van der Waals surface area contributed by atoms with E-state index < -0.39 is 0 Å². The number of carbonyl (C=O) groups excluding carboxylic acids is 2. The van der Waals surface area contributed by atoms with Crippen LogP contribution in [0.25, 0.3) is 0 Å². The molecule has 0 aromatic rings. The van der Waals surface area contributed by atoms with E-state index >= 15 is 0 Å². The van der Waals surface area contributed by atoms with E-state index in [4.69, 9.17) is 4.74 Å². The SMILES string of the molecule is CCCCC(=O)NCCCC(=O)OCC(C)CC. The van der Waals surface area contributed by atoms with Crippen molar-refractivity contribution >= 4 is 11.9 Å². The van der Waals surface area contributed by atoms with Gasteiger partial charge in [-0.25, -0.2) is 0 Å². The van der Waals surface area contributed by atoms with Gasteiger partial charge in [-0.1, -0.05) is 33.6 Å². The Morgan fingerprint density at radius 3 is 2.50 bits per heavy atom. The molecule has 0 aliphatic heterocycles. The fraction of sp³-hybridized carbons (Fsp3) is 0.857. The van der Waals surface area contributed by atoms with Crippen molar-refractivity contribution in [1.29, 1.82) is 0 Å². The Hall–Kier alpha value is -1.06. The lowest BCUT2D eigenvalue weighted by Gasteiger charge is -2.09. The monoisotopic (exact) mass is 257 g/mol. The van der Waals surface area contributed by atoms with Crippen LogP contribution in [0.1, 0.15) is 59.3 Å². The van der Waals surface area contributed by atoms with E-state index in [0.717, 1.165) is 19.3 Å². The quantitative estimate of drug-likeness (QED) is 0.483. The maximum Gasteiger partial charge on any atom is 0.305 e. The van der Waals surface area contributed by atoms with Gasteiger partial charge in [0.1, 0.15) is 0 Å². The minimum Gasteiger partial charge on any atom is -0.465 e. The first-order valence-electron chi connectivity index (χ1n) is 7.02. The fourth-order valence-electron chi connectivity index (χ4n) is 1.31. The van der Waals surface area contributed by atoms with Crippen molar-refractivity contribution in [1.82, 2.24) is 5.32 Å². The molecule has 0 aliphatic carbocycles. The zero-order valence-corrected chi connectivity index (χ0v) is 12.0. The molecule has 106 valence electrons. The van der Waals surface area contributed by atoms with Gasteiger partial charge in [-0.05, 0) is 18.8 Å². The number of hydrogen-bond acceptors (Lipinski definition) is 3. The van der Waals surface area contributed by atoms with Crippen molar-refractivity contribution in [3.05, 3.63) is 0 Å². The van der Waals surface area contributed by atoms with Crippen LogP contribution in [0.4, 0.5) is 0 Å². The van der Waals surface area contributed by atoms with Crippen LogP contribution in [0.15, 0.2) is 0 Å². The average molecular weight is 257 g/mol. The highest BCUT2D eigenvalue weighted by molar-refractivity contribution is 5.75. The molecule has 4 heteroatoms. The van der Waals surface area contributed by atoms with Crippen molar-refractivity contribution in [2.24, 2.45) is 5.92 Å². The predicted octanol–water partition coefficient (Wildman–Crippen LogP) is 2.66. The Morgan fingerprint density at radius 2 is 1.89 bits per heavy atom. The van der Waals surface area contributed by atoms with Crippen molar-refractivity contribution in [2.75, 3.05) is 13.2 Å². The maximum absolute atomic E-state index is 11.3. The van der Waals surface area contributed by atoms with E-state index in [1.165, 1.54) is 0 Å². The van der Waals surface area contributed by atoms with Gasteiger partial charge in [0.2, 0.25) is 5.91 Å². The normalized spacial score (nSPS) is 11.9. The molecule has 0 saturated carbocycles. The minimum atomic E-state index is -0.168. The Balaban J connectivity index is 3.42. The molecule has 0 aromatic heterocycles. The molecule has 1 amide bonds. The second-order valence-electron chi connectivity index (χ2n) is 4.75. The third kappa shape index (κ3) is 10.1. The third-order valence-electron chi connectivity index (χ3n) is 2.86. The highest BCUT2D eigenvalue weighted by Gasteiger charge is 2.06. The molecular formula is C14H27NO3. The summed E-state index contributed by atoms with van der Waals surface area (Å²) in [5.41, 5.74) is 0. The summed E-state index contributed by atoms with van der Waals surface area (Å²) in [6, 6.07) is 0. The third-order valence-corrected chi connectivity index (χ3v) is 2.86. The van der Waals surface area contributed by atoms with Gasteiger partial charge in [-0.2, -0.15) is 0 Å². The molecule has 0 rings (SSSR count). The van der Waals surface area contributed by atoms with Gasteiger partial charge in [0.25, 0.3) is 0 Å². The number of amides is 1. The minimum absolute atomic E-state index is 0.0739. The van der Waals surface area contributed by atoms with E-state index in [9.17, 15) is 9.59 Å². The number of unbranched alkanes of at least 4 members (excludes halogenated alkanes) is 1. The van der Waals surface area contributed by atoms with E-state index in [1.54, 1.807) is 0 Å². The van der Waals surface area contributed by atoms with Crippen LogP contribution in [-0.2, 0) is 14.3 Å². The lowest BCUT2D eigenvalue weighted by Crippen LogP contribution is -2.24. The van der Waals surface area contributed by atoms with E-state index in [0.29, 0.717) is 38.3 Å². The molecule has 1 atom stereocenters. The van der Waals surface area contributed by atoms with Crippen LogP contribution in [0.3, 0.4) is 0 Å². The zero-order valence-electron chi connectivity index (χ0n) is 12.0. The summed E-state index contributed by atoms with van der Waals surface area (Å²) in [5.74, 6) is 0.325. The van der Waals surface area contributed by atoms with Crippen molar-refractivity contribution in [3.63, 3.8) is 0 Å². The zero-order chi connectivity index (χ0) is 13.8. The topological polar surface area (TPSA) is 55.4 Å². The fourth-order valence-corrected chi connectivity index (χ4v) is 1.31. The molecule has 0 spiro atoms. The van der Waals surface area contributed by atoms with Gasteiger partial charge in [0.15, 0.2) is 0 Å². The van der Waals surface area contributed by atoms with Crippen molar-refractivity contribution in [2.45, 2.75) is 59.3 Å². The molecule has 0 aromatic carbocycles. The van der Waals surface area contributed by atoms with Gasteiger partial charge >= 0.3 is 5.97 Å². The Bertz CT molecular complexity index is 241. The molecule has 0 heterocycles. The Morgan fingerprint density at radius 1 is 1.17 bits per heavy atom. The number of hydrogen-bond donors (Lipinski definition) is 1. The van der Waals surface area contributed by atoms with Crippen molar-refractivity contribution in [3.8, 4) is 0 Å². The van der Waals surface area contributed by atoms with Gasteiger partial charge in [0, 0.05) is 19.4 Å². The number of carbonyl (C=O) groups is 2. The average Bonchev–Trinajstić information content (AvgIpc) is 2.38. The molecule has 0 radical (unpaired) electrons. The summed E-state index contributed by atoms with van der Waals surface area (Å²) in [6.07, 6.45) is 4.57. The molecular weight excluding hydrogens is 230 g/mol. The van der Waals surface area contributed by atoms with Crippen LogP contribution >= 0.6 is 0 Å². The summed E-state index contributed by atoms with van der Waals surface area (Å²) in [4.78, 5) is 22.6. The second kappa shape index (κ2) is 11.1. The smallest absolute Gasteiger partial charge is 0.305 e. The second-order valence-corrected chi connectivity index (χ2v) is 4.75. The van der Waals surface area contributed by atoms with Crippen LogP contribution in [-0.4, -0.2) is 25.0 Å². The first-order chi connectivity index (χ1) is 8.60. The van der Waals surface area contributed by atoms with E-state index in [1.807, 2.05) is 0 Å². The molecule has 0 saturated heterocycles. The summed E-state index contributed by atoms with van der Waals surface area (Å²) >= 11 is 0. The first-order valence-corrected chi connectivity index (χ1v) is 7.02. The van der Waals surface area contributed by atoms with E-state index in [2.05, 4.69) is 26.1 Å². The summed E-state index contributed by atoms with van der Waals surface area (Å²) in [7, 11) is 0. The van der Waals surface area contributed by atoms with Crippen LogP contribution < -0.4 is 5.32 Å². The largest absolute Gasteiger partial charge is 0.465 e. The molecule has 1 unspecified atom stereocenters. The van der Waals surface area contributed by atoms with Gasteiger partial charge in [-0.15, -0.1) is 0 Å². The summed E-state index contributed by atoms with van der Waals surface area (Å²) in [6.45, 7) is 7.24. The van der Waals surface area contributed by atoms with Gasteiger partial charge < -0.3 is 10.1 Å². The molecule has 0 bridgehead atoms. The predicted molar refractivity (Wildman–Crippen MR) is 72.2 cm³/mol. The molecule has 1 N–H and O–H groups in total. The molecule has 0 fully saturated rings. The van der Waals surface area contributed by atoms with Gasteiger partial charge in [-0.3, -0.25) is 9.59 Å². The van der Waals surface area contributed by atoms with Crippen LogP contribution in [0, 0.1) is 5.92 Å². The highest BCUT2D eigenvalue weighted by Crippen LogP contribution is 2.02. The van der Waals surface area contributed by atoms with E-state index in [-0.39, 0.29) is 11.9 Å². The number of ether oxygens (including phenoxy) is 1.